The van der Waals surface area contributed by atoms with Gasteiger partial charge in [-0.2, -0.15) is 0 Å². The Bertz CT molecular complexity index is 459. The summed E-state index contributed by atoms with van der Waals surface area (Å²) in [5.74, 6) is 1.65. The van der Waals surface area contributed by atoms with E-state index in [4.69, 9.17) is 0 Å². The number of nitrogens with one attached hydrogen (secondary N) is 2. The van der Waals surface area contributed by atoms with Gasteiger partial charge in [0, 0.05) is 37.0 Å². The monoisotopic (exact) mass is 436 g/mol. The zero-order valence-corrected chi connectivity index (χ0v) is 17.2. The molecule has 0 saturated carbocycles. The Morgan fingerprint density at radius 2 is 2.23 bits per heavy atom. The molecule has 1 aromatic heterocycles. The molecule has 0 aromatic carbocycles. The molecule has 1 saturated heterocycles. The van der Waals surface area contributed by atoms with E-state index < -0.39 is 0 Å². The highest BCUT2D eigenvalue weighted by molar-refractivity contribution is 14.0. The number of aliphatic imine (C=N–C) groups is 1. The van der Waals surface area contributed by atoms with Gasteiger partial charge in [0.15, 0.2) is 5.96 Å². The van der Waals surface area contributed by atoms with Gasteiger partial charge in [-0.1, -0.05) is 19.9 Å². The number of thiophene rings is 1. The second-order valence-corrected chi connectivity index (χ2v) is 7.53. The highest BCUT2D eigenvalue weighted by Crippen LogP contribution is 2.26. The molecule has 1 unspecified atom stereocenters. The quantitative estimate of drug-likeness (QED) is 0.424. The second kappa shape index (κ2) is 9.08. The molecule has 2 rings (SSSR count). The molecule has 1 atom stereocenters. The van der Waals surface area contributed by atoms with Crippen molar-refractivity contribution in [2.45, 2.75) is 25.7 Å². The summed E-state index contributed by atoms with van der Waals surface area (Å²) in [5.41, 5.74) is 0.124. The van der Waals surface area contributed by atoms with E-state index in [0.717, 1.165) is 25.0 Å². The molecule has 22 heavy (non-hydrogen) atoms. The molecule has 1 aliphatic rings. The first kappa shape index (κ1) is 19.7. The molecule has 2 heterocycles. The van der Waals surface area contributed by atoms with Crippen LogP contribution in [0.1, 0.15) is 25.1 Å². The summed E-state index contributed by atoms with van der Waals surface area (Å²) in [4.78, 5) is 8.13. The Morgan fingerprint density at radius 3 is 2.77 bits per heavy atom. The van der Waals surface area contributed by atoms with Crippen molar-refractivity contribution >= 4 is 41.3 Å². The van der Waals surface area contributed by atoms with E-state index in [0.29, 0.717) is 0 Å². The minimum atomic E-state index is 0. The van der Waals surface area contributed by atoms with Crippen molar-refractivity contribution in [2.75, 3.05) is 40.3 Å². The highest BCUT2D eigenvalue weighted by atomic mass is 127. The van der Waals surface area contributed by atoms with Gasteiger partial charge >= 0.3 is 0 Å². The van der Waals surface area contributed by atoms with Gasteiger partial charge in [-0.15, -0.1) is 35.3 Å². The minimum Gasteiger partial charge on any atom is -0.356 e. The molecular formula is C16H29IN4S. The summed E-state index contributed by atoms with van der Waals surface area (Å²) < 4.78 is 0. The summed E-state index contributed by atoms with van der Waals surface area (Å²) in [6, 6.07) is 4.32. The normalized spacial score (nSPS) is 19.8. The smallest absolute Gasteiger partial charge is 0.191 e. The maximum Gasteiger partial charge on any atom is 0.191 e. The van der Waals surface area contributed by atoms with Crippen LogP contribution in [0.5, 0.6) is 0 Å². The largest absolute Gasteiger partial charge is 0.356 e. The van der Waals surface area contributed by atoms with Gasteiger partial charge in [0.25, 0.3) is 0 Å². The number of halogens is 1. The van der Waals surface area contributed by atoms with E-state index in [1.165, 1.54) is 24.4 Å². The van der Waals surface area contributed by atoms with Crippen LogP contribution in [0.25, 0.3) is 0 Å². The molecule has 1 aliphatic heterocycles. The molecule has 6 heteroatoms. The number of hydrogen-bond donors (Lipinski definition) is 2. The molecule has 2 N–H and O–H groups in total. The fourth-order valence-electron chi connectivity index (χ4n) is 2.71. The van der Waals surface area contributed by atoms with Gasteiger partial charge in [0.2, 0.25) is 0 Å². The predicted octanol–water partition coefficient (Wildman–Crippen LogP) is 2.76. The number of rotatable bonds is 5. The van der Waals surface area contributed by atoms with Crippen LogP contribution in [0.2, 0.25) is 0 Å². The van der Waals surface area contributed by atoms with E-state index in [-0.39, 0.29) is 29.4 Å². The number of likely N-dealkylation sites (tertiary alicyclic amines) is 1. The first-order valence-electron chi connectivity index (χ1n) is 7.68. The average molecular weight is 436 g/mol. The van der Waals surface area contributed by atoms with E-state index >= 15 is 0 Å². The van der Waals surface area contributed by atoms with Gasteiger partial charge in [-0.05, 0) is 37.4 Å². The molecule has 4 nitrogen and oxygen atoms in total. The van der Waals surface area contributed by atoms with E-state index in [9.17, 15) is 0 Å². The first-order chi connectivity index (χ1) is 10.0. The zero-order chi connectivity index (χ0) is 15.3. The maximum atomic E-state index is 4.34. The molecule has 0 amide bonds. The third-order valence-corrected chi connectivity index (χ3v) is 5.39. The summed E-state index contributed by atoms with van der Waals surface area (Å²) in [6.07, 6.45) is 1.28. The van der Waals surface area contributed by atoms with Crippen molar-refractivity contribution in [1.82, 2.24) is 15.5 Å². The topological polar surface area (TPSA) is 39.7 Å². The lowest BCUT2D eigenvalue weighted by Gasteiger charge is -2.25. The lowest BCUT2D eigenvalue weighted by molar-refractivity contribution is 0.393. The Labute approximate surface area is 155 Å². The van der Waals surface area contributed by atoms with Crippen LogP contribution < -0.4 is 10.6 Å². The number of hydrogen-bond acceptors (Lipinski definition) is 3. The SMILES string of the molecule is CN=C(NCC1CCN(C)C1)NCC(C)(C)c1cccs1.I. The Morgan fingerprint density at radius 1 is 1.45 bits per heavy atom. The molecule has 1 aromatic rings. The van der Waals surface area contributed by atoms with Crippen molar-refractivity contribution in [3.05, 3.63) is 22.4 Å². The van der Waals surface area contributed by atoms with Crippen LogP contribution in [0.4, 0.5) is 0 Å². The van der Waals surface area contributed by atoms with Crippen LogP contribution in [-0.2, 0) is 5.41 Å². The standard InChI is InChI=1S/C16H28N4S.HI/c1-16(2,14-6-5-9-21-14)12-19-15(17-3)18-10-13-7-8-20(4)11-13;/h5-6,9,13H,7-8,10-12H2,1-4H3,(H2,17,18,19);1H. The van der Waals surface area contributed by atoms with Crippen molar-refractivity contribution in [1.29, 1.82) is 0 Å². The van der Waals surface area contributed by atoms with Crippen molar-refractivity contribution in [2.24, 2.45) is 10.9 Å². The Hall–Kier alpha value is -0.340. The molecule has 126 valence electrons. The van der Waals surface area contributed by atoms with E-state index in [1.807, 2.05) is 18.4 Å². The van der Waals surface area contributed by atoms with Gasteiger partial charge in [0.05, 0.1) is 0 Å². The third-order valence-electron chi connectivity index (χ3n) is 4.16. The van der Waals surface area contributed by atoms with Crippen LogP contribution in [0.3, 0.4) is 0 Å². The third kappa shape index (κ3) is 5.70. The fraction of sp³-hybridized carbons (Fsp3) is 0.688. The van der Waals surface area contributed by atoms with Gasteiger partial charge in [-0.25, -0.2) is 0 Å². The van der Waals surface area contributed by atoms with Crippen LogP contribution in [-0.4, -0.2) is 51.1 Å². The second-order valence-electron chi connectivity index (χ2n) is 6.58. The van der Waals surface area contributed by atoms with Crippen molar-refractivity contribution in [3.8, 4) is 0 Å². The molecule has 0 spiro atoms. The maximum absolute atomic E-state index is 4.34. The number of guanidine groups is 1. The predicted molar refractivity (Wildman–Crippen MR) is 108 cm³/mol. The fourth-order valence-corrected chi connectivity index (χ4v) is 3.56. The van der Waals surface area contributed by atoms with E-state index in [2.05, 4.69) is 58.9 Å². The molecule has 0 aliphatic carbocycles. The van der Waals surface area contributed by atoms with Gasteiger partial charge < -0.3 is 15.5 Å². The lowest BCUT2D eigenvalue weighted by Crippen LogP contribution is -2.44. The molecule has 0 radical (unpaired) electrons. The Balaban J connectivity index is 0.00000242. The number of nitrogens with zero attached hydrogens (tertiary/aromatic N) is 2. The van der Waals surface area contributed by atoms with Crippen molar-refractivity contribution in [3.63, 3.8) is 0 Å². The summed E-state index contributed by atoms with van der Waals surface area (Å²) >= 11 is 1.82. The highest BCUT2D eigenvalue weighted by Gasteiger charge is 2.23. The first-order valence-corrected chi connectivity index (χ1v) is 8.56. The lowest BCUT2D eigenvalue weighted by atomic mass is 9.91. The van der Waals surface area contributed by atoms with Crippen LogP contribution in [0.15, 0.2) is 22.5 Å². The Kier molecular flexibility index (Phi) is 8.13. The van der Waals surface area contributed by atoms with Gasteiger partial charge in [0.1, 0.15) is 0 Å². The average Bonchev–Trinajstić information content (AvgIpc) is 3.10. The summed E-state index contributed by atoms with van der Waals surface area (Å²) in [7, 11) is 4.03. The summed E-state index contributed by atoms with van der Waals surface area (Å²) in [5, 5.41) is 9.07. The van der Waals surface area contributed by atoms with E-state index in [1.54, 1.807) is 0 Å². The van der Waals surface area contributed by atoms with Gasteiger partial charge in [-0.3, -0.25) is 4.99 Å². The molecule has 0 bridgehead atoms. The van der Waals surface area contributed by atoms with Crippen molar-refractivity contribution < 1.29 is 0 Å². The molecule has 1 fully saturated rings. The van der Waals surface area contributed by atoms with Crippen LogP contribution in [0, 0.1) is 5.92 Å². The van der Waals surface area contributed by atoms with Crippen LogP contribution >= 0.6 is 35.3 Å². The molecular weight excluding hydrogens is 407 g/mol. The summed E-state index contributed by atoms with van der Waals surface area (Å²) in [6.45, 7) is 8.83. The minimum absolute atomic E-state index is 0. The zero-order valence-electron chi connectivity index (χ0n) is 14.1.